The maximum atomic E-state index is 13.9. The van der Waals surface area contributed by atoms with E-state index < -0.39 is 0 Å². The number of nitrogens with two attached hydrogens (primary N) is 2. The molecule has 1 atom stereocenters. The van der Waals surface area contributed by atoms with Crippen molar-refractivity contribution in [1.29, 1.82) is 0 Å². The molecule has 0 fully saturated rings. The monoisotopic (exact) mass is 562 g/mol. The van der Waals surface area contributed by atoms with E-state index >= 15 is 0 Å². The number of nitrogen functional groups attached to an aromatic ring is 2. The number of aryl methyl sites for hydroxylation is 3. The summed E-state index contributed by atoms with van der Waals surface area (Å²) in [6.07, 6.45) is 7.01. The summed E-state index contributed by atoms with van der Waals surface area (Å²) in [5, 5.41) is 6.17. The number of benzene rings is 3. The fourth-order valence-electron chi connectivity index (χ4n) is 5.59. The van der Waals surface area contributed by atoms with Crippen LogP contribution in [0.5, 0.6) is 11.5 Å². The van der Waals surface area contributed by atoms with Crippen LogP contribution in [-0.4, -0.2) is 41.3 Å². The number of hydrogen-bond donors (Lipinski definition) is 2. The second-order valence-electron chi connectivity index (χ2n) is 10.3. The number of hydrogen-bond acceptors (Lipinski definition) is 8. The number of fused-ring (bicyclic) bond motifs is 1. The number of nitrogens with zero attached hydrogens (tertiary/aromatic N) is 4. The molecule has 0 bridgehead atoms. The summed E-state index contributed by atoms with van der Waals surface area (Å²) >= 11 is 0. The van der Waals surface area contributed by atoms with E-state index in [1.165, 1.54) is 11.6 Å². The van der Waals surface area contributed by atoms with Gasteiger partial charge in [0.25, 0.3) is 5.91 Å². The molecule has 0 saturated heterocycles. The molecule has 1 unspecified atom stereocenters. The number of carbonyl (C=O) groups excluding carboxylic acids is 1. The molecule has 1 aliphatic rings. The Morgan fingerprint density at radius 2 is 1.76 bits per heavy atom. The summed E-state index contributed by atoms with van der Waals surface area (Å²) in [6, 6.07) is 15.7. The van der Waals surface area contributed by atoms with Crippen molar-refractivity contribution in [1.82, 2.24) is 15.0 Å². The third kappa shape index (κ3) is 5.54. The number of anilines is 2. The summed E-state index contributed by atoms with van der Waals surface area (Å²) in [6.45, 7) is 6.24. The third-order valence-electron chi connectivity index (χ3n) is 7.38. The van der Waals surface area contributed by atoms with Gasteiger partial charge in [-0.05, 0) is 66.8 Å². The van der Waals surface area contributed by atoms with Crippen LogP contribution in [0, 0.1) is 20.8 Å². The van der Waals surface area contributed by atoms with Crippen LogP contribution in [0.25, 0.3) is 6.08 Å². The number of carbonyl (C=O) groups is 1. The van der Waals surface area contributed by atoms with Gasteiger partial charge in [-0.15, -0.1) is 0 Å². The number of ether oxygens (including phenoxy) is 2. The van der Waals surface area contributed by atoms with Crippen molar-refractivity contribution >= 4 is 30.0 Å². The molecule has 1 amide bonds. The van der Waals surface area contributed by atoms with Crippen molar-refractivity contribution in [2.24, 2.45) is 5.10 Å². The molecular weight excluding hydrogens is 528 g/mol. The smallest absolute Gasteiger partial charge is 0.267 e. The SMILES string of the molecule is COc1cc(Cc2cnc(N)nc2N)cc(C=CC(=O)N2N=Cc3ccccc3C2c2c(C)cc(C)cc2C)c1OC. The predicted molar refractivity (Wildman–Crippen MR) is 166 cm³/mol. The first kappa shape index (κ1) is 28.4. The van der Waals surface area contributed by atoms with E-state index in [0.29, 0.717) is 29.3 Å². The van der Waals surface area contributed by atoms with E-state index in [1.54, 1.807) is 37.7 Å². The van der Waals surface area contributed by atoms with E-state index in [-0.39, 0.29) is 17.9 Å². The van der Waals surface area contributed by atoms with Gasteiger partial charge < -0.3 is 20.9 Å². The fraction of sp³-hybridized carbons (Fsp3) is 0.212. The molecule has 4 aromatic rings. The molecule has 0 spiro atoms. The lowest BCUT2D eigenvalue weighted by atomic mass is 9.87. The molecule has 9 heteroatoms. The number of hydrazone groups is 1. The molecule has 3 aromatic carbocycles. The van der Waals surface area contributed by atoms with Crippen molar-refractivity contribution in [3.05, 3.63) is 111 Å². The lowest BCUT2D eigenvalue weighted by Crippen LogP contribution is -2.34. The summed E-state index contributed by atoms with van der Waals surface area (Å²) in [4.78, 5) is 22.0. The van der Waals surface area contributed by atoms with Crippen LogP contribution in [-0.2, 0) is 11.2 Å². The van der Waals surface area contributed by atoms with Crippen LogP contribution in [0.4, 0.5) is 11.8 Å². The molecule has 2 heterocycles. The van der Waals surface area contributed by atoms with Crippen LogP contribution < -0.4 is 20.9 Å². The normalized spacial score (nSPS) is 14.2. The molecule has 42 heavy (non-hydrogen) atoms. The molecule has 0 radical (unpaired) electrons. The molecular formula is C33H34N6O3. The number of rotatable bonds is 7. The Morgan fingerprint density at radius 3 is 2.45 bits per heavy atom. The Labute approximate surface area is 245 Å². The van der Waals surface area contributed by atoms with E-state index in [1.807, 2.05) is 30.3 Å². The average molecular weight is 563 g/mol. The second kappa shape index (κ2) is 11.7. The van der Waals surface area contributed by atoms with Gasteiger partial charge in [-0.2, -0.15) is 10.1 Å². The minimum Gasteiger partial charge on any atom is -0.493 e. The van der Waals surface area contributed by atoms with Gasteiger partial charge in [0.05, 0.1) is 20.4 Å². The molecule has 214 valence electrons. The predicted octanol–water partition coefficient (Wildman–Crippen LogP) is 5.15. The lowest BCUT2D eigenvalue weighted by molar-refractivity contribution is -0.127. The van der Waals surface area contributed by atoms with Gasteiger partial charge in [-0.1, -0.05) is 42.0 Å². The van der Waals surface area contributed by atoms with Crippen molar-refractivity contribution in [2.75, 3.05) is 25.7 Å². The fourth-order valence-corrected chi connectivity index (χ4v) is 5.59. The van der Waals surface area contributed by atoms with E-state index in [4.69, 9.17) is 20.9 Å². The van der Waals surface area contributed by atoms with Crippen molar-refractivity contribution in [3.63, 3.8) is 0 Å². The first-order chi connectivity index (χ1) is 20.2. The number of methoxy groups -OCH3 is 2. The summed E-state index contributed by atoms with van der Waals surface area (Å²) in [5.74, 6) is 1.17. The highest BCUT2D eigenvalue weighted by Crippen LogP contribution is 2.38. The van der Waals surface area contributed by atoms with E-state index in [2.05, 4.69) is 54.0 Å². The van der Waals surface area contributed by atoms with E-state index in [9.17, 15) is 4.79 Å². The zero-order valence-corrected chi connectivity index (χ0v) is 24.4. The van der Waals surface area contributed by atoms with Crippen LogP contribution in [0.1, 0.15) is 56.1 Å². The zero-order chi connectivity index (χ0) is 30.0. The minimum atomic E-state index is -0.375. The van der Waals surface area contributed by atoms with Crippen LogP contribution in [0.2, 0.25) is 0 Å². The standard InChI is InChI=1S/C33H34N6O3/c1-19-12-20(2)29(21(3)13-19)30-26-9-7-6-8-24(26)18-37-39(30)28(40)11-10-23-14-22(16-27(41-4)31(23)42-5)15-25-17-36-33(35)38-32(25)34/h6-14,16-18,30H,15H2,1-5H3,(H4,34,35,36,38). The van der Waals surface area contributed by atoms with Crippen molar-refractivity contribution in [3.8, 4) is 11.5 Å². The molecule has 4 N–H and O–H groups in total. The van der Waals surface area contributed by atoms with Gasteiger partial charge in [0, 0.05) is 35.4 Å². The second-order valence-corrected chi connectivity index (χ2v) is 10.3. The summed E-state index contributed by atoms with van der Waals surface area (Å²) < 4.78 is 11.3. The van der Waals surface area contributed by atoms with Gasteiger partial charge in [-0.3, -0.25) is 4.79 Å². The van der Waals surface area contributed by atoms with Gasteiger partial charge in [0.15, 0.2) is 11.5 Å². The third-order valence-corrected chi connectivity index (χ3v) is 7.38. The first-order valence-corrected chi connectivity index (χ1v) is 13.5. The molecule has 1 aliphatic heterocycles. The topological polar surface area (TPSA) is 129 Å². The van der Waals surface area contributed by atoms with Crippen LogP contribution >= 0.6 is 0 Å². The Hall–Kier alpha value is -5.18. The Balaban J connectivity index is 1.53. The Kier molecular flexibility index (Phi) is 7.93. The quantitative estimate of drug-likeness (QED) is 0.298. The van der Waals surface area contributed by atoms with Gasteiger partial charge in [0.2, 0.25) is 5.95 Å². The average Bonchev–Trinajstić information content (AvgIpc) is 2.96. The minimum absolute atomic E-state index is 0.114. The zero-order valence-electron chi connectivity index (χ0n) is 24.4. The maximum absolute atomic E-state index is 13.9. The highest BCUT2D eigenvalue weighted by atomic mass is 16.5. The van der Waals surface area contributed by atoms with Gasteiger partial charge >= 0.3 is 0 Å². The summed E-state index contributed by atoms with van der Waals surface area (Å²) in [5.41, 5.74) is 20.4. The molecule has 9 nitrogen and oxygen atoms in total. The maximum Gasteiger partial charge on any atom is 0.267 e. The van der Waals surface area contributed by atoms with Gasteiger partial charge in [0.1, 0.15) is 11.9 Å². The number of aromatic nitrogens is 2. The molecule has 1 aromatic heterocycles. The Morgan fingerprint density at radius 1 is 1.02 bits per heavy atom. The lowest BCUT2D eigenvalue weighted by Gasteiger charge is -2.33. The van der Waals surface area contributed by atoms with Crippen molar-refractivity contribution in [2.45, 2.75) is 33.2 Å². The number of amides is 1. The Bertz CT molecular complexity index is 1710. The molecule has 0 aliphatic carbocycles. The van der Waals surface area contributed by atoms with Crippen LogP contribution in [0.3, 0.4) is 0 Å². The van der Waals surface area contributed by atoms with Crippen LogP contribution in [0.15, 0.2) is 65.9 Å². The highest BCUT2D eigenvalue weighted by Gasteiger charge is 2.32. The molecule has 5 rings (SSSR count). The first-order valence-electron chi connectivity index (χ1n) is 13.5. The molecule has 0 saturated carbocycles. The summed E-state index contributed by atoms with van der Waals surface area (Å²) in [7, 11) is 3.13. The largest absolute Gasteiger partial charge is 0.493 e. The van der Waals surface area contributed by atoms with Crippen molar-refractivity contribution < 1.29 is 14.3 Å². The van der Waals surface area contributed by atoms with E-state index in [0.717, 1.165) is 38.9 Å². The van der Waals surface area contributed by atoms with Gasteiger partial charge in [-0.25, -0.2) is 9.99 Å². The highest BCUT2D eigenvalue weighted by molar-refractivity contribution is 5.95.